The van der Waals surface area contributed by atoms with Gasteiger partial charge in [-0.3, -0.25) is 19.2 Å². The first-order valence-electron chi connectivity index (χ1n) is 30.5. The number of aryl methyl sites for hydroxylation is 4. The van der Waals surface area contributed by atoms with E-state index < -0.39 is 21.7 Å². The molecule has 9 heterocycles. The zero-order valence-corrected chi connectivity index (χ0v) is 54.7. The van der Waals surface area contributed by atoms with E-state index >= 15 is 0 Å². The second-order valence-electron chi connectivity index (χ2n) is 26.6. The Hall–Kier alpha value is -8.40. The fraction of sp³-hybridized carbons (Fsp3) is 0.389. The number of nitrogens with zero attached hydrogens (tertiary/aromatic N) is 8. The standard InChI is InChI=1S/C72H84N8O8.Mn/c1-69(2,3)65(81)85-41-17-37-77-33-13-21-49(45-77)61-53-25-27-55(73-53)62(50-22-14-34-78(46-50)38-18-42-86-66(82)70(4,5)6)57-29-31-59(75-57)64(52-24-16-36-80(48-52)40-20-44-88-68(84)72(10,11)12)60-32-30-58(76-60)63(56-28-26-54(61)74-56)51-23-15-35-79(47-51)39-19-43-87-67(83)71(7,8)9;/h13-16,21-36,45-48H,17-20,37-44H2,1-12H3;/q+2;+3. The van der Waals surface area contributed by atoms with Gasteiger partial charge in [0.2, 0.25) is 0 Å². The molecule has 0 fully saturated rings. The van der Waals surface area contributed by atoms with Crippen LogP contribution >= 0.6 is 0 Å². The van der Waals surface area contributed by atoms with E-state index in [4.69, 9.17) is 38.9 Å². The molecule has 0 N–H and O–H groups in total. The Morgan fingerprint density at radius 2 is 0.573 bits per heavy atom. The molecule has 0 radical (unpaired) electrons. The molecule has 7 aromatic rings. The molecule has 9 rings (SSSR count). The van der Waals surface area contributed by atoms with Crippen molar-refractivity contribution in [3.8, 4) is 44.5 Å². The van der Waals surface area contributed by atoms with Gasteiger partial charge in [0.15, 0.2) is 75.8 Å². The fourth-order valence-electron chi connectivity index (χ4n) is 10.0. The molecule has 8 bridgehead atoms. The van der Waals surface area contributed by atoms with E-state index in [9.17, 15) is 19.2 Å². The first-order chi connectivity index (χ1) is 41.8. The molecule has 462 valence electrons. The predicted octanol–water partition coefficient (Wildman–Crippen LogP) is 11.6. The molecular weight excluding hydrogens is 1160 g/mol. The Bertz CT molecular complexity index is 3480. The maximum atomic E-state index is 12.7. The quantitative estimate of drug-likeness (QED) is 0.0232. The van der Waals surface area contributed by atoms with Gasteiger partial charge >= 0.3 is 40.9 Å². The Labute approximate surface area is 533 Å². The van der Waals surface area contributed by atoms with Gasteiger partial charge in [-0.1, -0.05) is 24.3 Å². The molecule has 0 saturated carbocycles. The molecular formula is C72H84MnN8O8+5. The molecule has 2 aliphatic rings. The van der Waals surface area contributed by atoms with Gasteiger partial charge in [0, 0.05) is 72.2 Å². The summed E-state index contributed by atoms with van der Waals surface area (Å²) in [6.07, 6.45) is 27.1. The maximum absolute atomic E-state index is 12.7. The van der Waals surface area contributed by atoms with Crippen molar-refractivity contribution in [3.63, 3.8) is 0 Å². The number of hydrogen-bond acceptors (Lipinski definition) is 10. The molecule has 2 aliphatic heterocycles. The van der Waals surface area contributed by atoms with Gasteiger partial charge < -0.3 is 28.9 Å². The van der Waals surface area contributed by atoms with Gasteiger partial charge in [0.05, 0.1) is 70.9 Å². The summed E-state index contributed by atoms with van der Waals surface area (Å²) < 4.78 is 31.1. The number of rotatable bonds is 20. The van der Waals surface area contributed by atoms with Crippen LogP contribution in [0, 0.1) is 21.7 Å². The average Bonchev–Trinajstić information content (AvgIpc) is 2.76. The van der Waals surface area contributed by atoms with Crippen molar-refractivity contribution in [2.45, 2.75) is 135 Å². The number of carbonyl (C=O) groups is 4. The third-order valence-electron chi connectivity index (χ3n) is 14.8. The van der Waals surface area contributed by atoms with E-state index in [0.29, 0.717) is 96.7 Å². The number of carbonyl (C=O) groups excluding carboxylic acids is 4. The summed E-state index contributed by atoms with van der Waals surface area (Å²) in [5, 5.41) is 0. The average molecular weight is 1240 g/mol. The summed E-state index contributed by atoms with van der Waals surface area (Å²) in [4.78, 5) is 72.9. The van der Waals surface area contributed by atoms with Crippen LogP contribution in [-0.4, -0.2) is 60.3 Å². The second-order valence-corrected chi connectivity index (χ2v) is 26.6. The molecule has 0 atom stereocenters. The molecule has 0 amide bonds. The van der Waals surface area contributed by atoms with E-state index in [1.165, 1.54) is 0 Å². The van der Waals surface area contributed by atoms with Crippen LogP contribution in [0.15, 0.2) is 122 Å². The van der Waals surface area contributed by atoms with Gasteiger partial charge in [-0.2, -0.15) is 0 Å². The van der Waals surface area contributed by atoms with Crippen molar-refractivity contribution >= 4 is 70.2 Å². The summed E-state index contributed by atoms with van der Waals surface area (Å²) in [5.41, 5.74) is 9.99. The summed E-state index contributed by atoms with van der Waals surface area (Å²) in [5.74, 6) is -0.947. The van der Waals surface area contributed by atoms with Crippen LogP contribution in [0.1, 0.15) is 132 Å². The second kappa shape index (κ2) is 28.4. The summed E-state index contributed by atoms with van der Waals surface area (Å²) in [6, 6.07) is 24.5. The molecule has 0 spiro atoms. The molecule has 0 aromatic carbocycles. The number of pyridine rings is 4. The summed E-state index contributed by atoms with van der Waals surface area (Å²) in [7, 11) is 0. The van der Waals surface area contributed by atoms with Crippen molar-refractivity contribution in [3.05, 3.63) is 145 Å². The Balaban J connectivity index is 0.0000102. The third kappa shape index (κ3) is 17.1. The van der Waals surface area contributed by atoms with Gasteiger partial charge in [-0.25, -0.2) is 28.2 Å². The van der Waals surface area contributed by atoms with Crippen molar-refractivity contribution in [1.29, 1.82) is 0 Å². The van der Waals surface area contributed by atoms with Gasteiger partial charge in [-0.05, 0) is 154 Å². The number of esters is 4. The molecule has 0 aliphatic carbocycles. The topological polar surface area (TPSA) is 175 Å². The Kier molecular flexibility index (Phi) is 21.2. The minimum atomic E-state index is -0.598. The normalized spacial score (nSPS) is 12.4. The molecule has 0 saturated heterocycles. The third-order valence-corrected chi connectivity index (χ3v) is 14.8. The van der Waals surface area contributed by atoms with Crippen LogP contribution < -0.4 is 28.2 Å². The molecule has 89 heavy (non-hydrogen) atoms. The van der Waals surface area contributed by atoms with E-state index in [0.717, 1.165) is 44.5 Å². The first kappa shape index (κ1) is 66.6. The number of hydrogen-bond donors (Lipinski definition) is 0. The summed E-state index contributed by atoms with van der Waals surface area (Å²) >= 11 is 0. The fourth-order valence-corrected chi connectivity index (χ4v) is 10.0. The van der Waals surface area contributed by atoms with Crippen LogP contribution in [0.3, 0.4) is 0 Å². The van der Waals surface area contributed by atoms with E-state index in [-0.39, 0.29) is 67.4 Å². The van der Waals surface area contributed by atoms with Gasteiger partial charge in [0.25, 0.3) is 0 Å². The van der Waals surface area contributed by atoms with Crippen molar-refractivity contribution in [2.75, 3.05) is 26.4 Å². The monoisotopic (exact) mass is 1240 g/mol. The maximum Gasteiger partial charge on any atom is 3.00 e. The number of ether oxygens (including phenoxy) is 4. The largest absolute Gasteiger partial charge is 3.00 e. The Morgan fingerprint density at radius 3 is 0.775 bits per heavy atom. The van der Waals surface area contributed by atoms with E-state index in [2.05, 4.69) is 67.3 Å². The zero-order chi connectivity index (χ0) is 63.0. The van der Waals surface area contributed by atoms with E-state index in [1.807, 2.05) is 181 Å². The number of aromatic nitrogens is 8. The van der Waals surface area contributed by atoms with Crippen LogP contribution in [0.4, 0.5) is 0 Å². The first-order valence-corrected chi connectivity index (χ1v) is 30.5. The smallest absolute Gasteiger partial charge is 0.657 e. The molecule has 7 aromatic heterocycles. The van der Waals surface area contributed by atoms with Crippen molar-refractivity contribution in [1.82, 2.24) is 19.9 Å². The van der Waals surface area contributed by atoms with Crippen molar-refractivity contribution < 1.29 is 73.5 Å². The number of fused-ring (bicyclic) bond motifs is 8. The zero-order valence-electron chi connectivity index (χ0n) is 53.6. The van der Waals surface area contributed by atoms with E-state index in [1.54, 1.807) is 0 Å². The van der Waals surface area contributed by atoms with Gasteiger partial charge in [-0.15, -0.1) is 22.1 Å². The molecule has 0 unspecified atom stereocenters. The van der Waals surface area contributed by atoms with Crippen molar-refractivity contribution in [2.24, 2.45) is 21.7 Å². The SMILES string of the molecule is CC(C)(C)C(=O)OCCC[n+]1cccc(-c2c3nc(c(-c4ccc[n+](CCCOC(=O)C(C)(C)C)c4)c4ccc([n-]4)c(-c4ccc[n+](CCCOC(=O)C(C)(C)C)c4)c4nc(c(-c5ccc[n+](CCCOC(=O)C(C)(C)C)c5)c5ccc2[n-]5)C=C4)C=C3)c1.[Mn+3]. The van der Waals surface area contributed by atoms with Gasteiger partial charge in [0.1, 0.15) is 0 Å². The van der Waals surface area contributed by atoms with Crippen LogP contribution in [0.2, 0.25) is 0 Å². The minimum absolute atomic E-state index is 0. The minimum Gasteiger partial charge on any atom is -0.657 e. The van der Waals surface area contributed by atoms with Crippen LogP contribution in [0.5, 0.6) is 0 Å². The molecule has 17 heteroatoms. The summed E-state index contributed by atoms with van der Waals surface area (Å²) in [6.45, 7) is 25.8. The van der Waals surface area contributed by atoms with Crippen LogP contribution in [-0.2, 0) is 81.4 Å². The predicted molar refractivity (Wildman–Crippen MR) is 339 cm³/mol. The van der Waals surface area contributed by atoms with Crippen LogP contribution in [0.25, 0.3) is 90.9 Å². The molecule has 16 nitrogen and oxygen atoms in total. The Morgan fingerprint density at radius 1 is 0.360 bits per heavy atom.